The van der Waals surface area contributed by atoms with Crippen LogP contribution in [0.25, 0.3) is 0 Å². The lowest BCUT2D eigenvalue weighted by molar-refractivity contribution is -0.133. The van der Waals surface area contributed by atoms with E-state index in [-0.39, 0.29) is 24.5 Å². The summed E-state index contributed by atoms with van der Waals surface area (Å²) in [7, 11) is 1.51. The van der Waals surface area contributed by atoms with E-state index in [1.807, 2.05) is 4.90 Å². The van der Waals surface area contributed by atoms with E-state index < -0.39 is 0 Å². The number of carbonyl (C=O) groups excluding carboxylic acids is 2. The normalized spacial score (nSPS) is 21.0. The Labute approximate surface area is 113 Å². The lowest BCUT2D eigenvalue weighted by Gasteiger charge is -2.34. The summed E-state index contributed by atoms with van der Waals surface area (Å²) in [5.74, 6) is 0.701. The van der Waals surface area contributed by atoms with Crippen molar-refractivity contribution in [2.45, 2.75) is 25.3 Å². The van der Waals surface area contributed by atoms with E-state index in [9.17, 15) is 9.59 Å². The Morgan fingerprint density at radius 2 is 2.00 bits per heavy atom. The quantitative estimate of drug-likeness (QED) is 0.696. The van der Waals surface area contributed by atoms with Gasteiger partial charge < -0.3 is 20.3 Å². The second-order valence-corrected chi connectivity index (χ2v) is 5.38. The first-order valence-electron chi connectivity index (χ1n) is 6.96. The molecule has 2 aliphatic rings. The minimum Gasteiger partial charge on any atom is -0.375 e. The molecule has 2 aliphatic heterocycles. The molecule has 0 radical (unpaired) electrons. The summed E-state index contributed by atoms with van der Waals surface area (Å²) in [6.45, 7) is 3.53. The molecule has 2 saturated heterocycles. The number of carbonyl (C=O) groups is 2. The lowest BCUT2D eigenvalue weighted by atomic mass is 9.97. The second-order valence-electron chi connectivity index (χ2n) is 5.38. The fraction of sp³-hybridized carbons (Fsp3) is 0.846. The number of methoxy groups -OCH3 is 1. The molecule has 2 heterocycles. The summed E-state index contributed by atoms with van der Waals surface area (Å²) >= 11 is 0. The van der Waals surface area contributed by atoms with Crippen LogP contribution in [0.5, 0.6) is 0 Å². The highest BCUT2D eigenvalue weighted by atomic mass is 16.5. The van der Waals surface area contributed by atoms with Crippen LogP contribution in [0.2, 0.25) is 0 Å². The van der Waals surface area contributed by atoms with Gasteiger partial charge in [-0.1, -0.05) is 0 Å². The Bertz CT molecular complexity index is 323. The zero-order chi connectivity index (χ0) is 13.7. The summed E-state index contributed by atoms with van der Waals surface area (Å²) in [6, 6.07) is 0.178. The Morgan fingerprint density at radius 3 is 2.53 bits per heavy atom. The molecule has 0 spiro atoms. The van der Waals surface area contributed by atoms with Crippen LogP contribution in [0.15, 0.2) is 0 Å². The molecule has 0 unspecified atom stereocenters. The molecule has 0 saturated carbocycles. The molecule has 2 N–H and O–H groups in total. The first-order chi connectivity index (χ1) is 9.19. The van der Waals surface area contributed by atoms with E-state index in [1.165, 1.54) is 7.11 Å². The highest BCUT2D eigenvalue weighted by Crippen LogP contribution is 2.15. The molecular formula is C13H23N3O3. The Kier molecular flexibility index (Phi) is 5.15. The summed E-state index contributed by atoms with van der Waals surface area (Å²) in [4.78, 5) is 25.3. The molecule has 0 aromatic rings. The van der Waals surface area contributed by atoms with E-state index in [2.05, 4.69) is 10.6 Å². The maximum Gasteiger partial charge on any atom is 0.246 e. The number of piperidine rings is 1. The maximum absolute atomic E-state index is 12.0. The molecule has 0 bridgehead atoms. The third-order valence-corrected chi connectivity index (χ3v) is 3.82. The fourth-order valence-corrected chi connectivity index (χ4v) is 2.54. The smallest absolute Gasteiger partial charge is 0.246 e. The van der Waals surface area contributed by atoms with Gasteiger partial charge in [0.05, 0.1) is 0 Å². The molecule has 2 rings (SSSR count). The van der Waals surface area contributed by atoms with Crippen LogP contribution in [0, 0.1) is 5.92 Å². The summed E-state index contributed by atoms with van der Waals surface area (Å²) in [5.41, 5.74) is 0. The zero-order valence-electron chi connectivity index (χ0n) is 11.5. The summed E-state index contributed by atoms with van der Waals surface area (Å²) < 4.78 is 4.78. The monoisotopic (exact) mass is 269 g/mol. The Hall–Kier alpha value is -1.14. The zero-order valence-corrected chi connectivity index (χ0v) is 11.5. The van der Waals surface area contributed by atoms with Gasteiger partial charge in [-0.3, -0.25) is 9.59 Å². The molecule has 0 aromatic heterocycles. The minimum atomic E-state index is -0.0761. The fourth-order valence-electron chi connectivity index (χ4n) is 2.54. The molecule has 0 atom stereocenters. The van der Waals surface area contributed by atoms with Gasteiger partial charge in [-0.15, -0.1) is 0 Å². The van der Waals surface area contributed by atoms with Crippen molar-refractivity contribution in [2.24, 2.45) is 5.92 Å². The van der Waals surface area contributed by atoms with Crippen molar-refractivity contribution in [1.29, 1.82) is 0 Å². The predicted molar refractivity (Wildman–Crippen MR) is 70.6 cm³/mol. The predicted octanol–water partition coefficient (Wildman–Crippen LogP) is -0.650. The lowest BCUT2D eigenvalue weighted by Crippen LogP contribution is -2.49. The van der Waals surface area contributed by atoms with Gasteiger partial charge in [-0.2, -0.15) is 0 Å². The number of hydrogen-bond donors (Lipinski definition) is 2. The third-order valence-electron chi connectivity index (χ3n) is 3.82. The van der Waals surface area contributed by atoms with Crippen LogP contribution in [0.1, 0.15) is 19.3 Å². The van der Waals surface area contributed by atoms with Crippen LogP contribution in [0.4, 0.5) is 0 Å². The molecule has 0 aromatic carbocycles. The van der Waals surface area contributed by atoms with E-state index >= 15 is 0 Å². The average molecular weight is 269 g/mol. The number of ether oxygens (including phenoxy) is 1. The van der Waals surface area contributed by atoms with Gasteiger partial charge in [0.1, 0.15) is 6.61 Å². The van der Waals surface area contributed by atoms with Crippen molar-refractivity contribution in [3.05, 3.63) is 0 Å². The maximum atomic E-state index is 12.0. The van der Waals surface area contributed by atoms with E-state index in [0.29, 0.717) is 12.3 Å². The van der Waals surface area contributed by atoms with Gasteiger partial charge in [-0.05, 0) is 31.8 Å². The standard InChI is InChI=1S/C13H23N3O3/c1-19-9-12(17)15-11-2-4-16(5-3-11)13(18)6-10-7-14-8-10/h10-11,14H,2-9H2,1H3,(H,15,17). The van der Waals surface area contributed by atoms with Gasteiger partial charge in [0, 0.05) is 32.7 Å². The van der Waals surface area contributed by atoms with Crippen molar-refractivity contribution >= 4 is 11.8 Å². The molecule has 2 amide bonds. The Morgan fingerprint density at radius 1 is 1.32 bits per heavy atom. The molecule has 2 fully saturated rings. The number of amides is 2. The highest BCUT2D eigenvalue weighted by Gasteiger charge is 2.27. The average Bonchev–Trinajstić information content (AvgIpc) is 2.35. The van der Waals surface area contributed by atoms with Gasteiger partial charge in [-0.25, -0.2) is 0 Å². The van der Waals surface area contributed by atoms with Crippen molar-refractivity contribution < 1.29 is 14.3 Å². The molecule has 6 heteroatoms. The SMILES string of the molecule is COCC(=O)NC1CCN(C(=O)CC2CNC2)CC1. The number of nitrogens with one attached hydrogen (secondary N) is 2. The molecule has 19 heavy (non-hydrogen) atoms. The van der Waals surface area contributed by atoms with Crippen LogP contribution < -0.4 is 10.6 Å². The van der Waals surface area contributed by atoms with E-state index in [0.717, 1.165) is 39.0 Å². The number of likely N-dealkylation sites (tertiary alicyclic amines) is 1. The highest BCUT2D eigenvalue weighted by molar-refractivity contribution is 5.78. The van der Waals surface area contributed by atoms with Crippen LogP contribution in [-0.4, -0.2) is 62.7 Å². The summed E-state index contributed by atoms with van der Waals surface area (Å²) in [6.07, 6.45) is 2.34. The molecule has 108 valence electrons. The molecule has 0 aliphatic carbocycles. The van der Waals surface area contributed by atoms with Crippen molar-refractivity contribution in [3.8, 4) is 0 Å². The minimum absolute atomic E-state index is 0.0761. The Balaban J connectivity index is 1.66. The molecule has 6 nitrogen and oxygen atoms in total. The number of nitrogens with zero attached hydrogens (tertiary/aromatic N) is 1. The van der Waals surface area contributed by atoms with Gasteiger partial charge in [0.25, 0.3) is 0 Å². The van der Waals surface area contributed by atoms with Crippen molar-refractivity contribution in [1.82, 2.24) is 15.5 Å². The van der Waals surface area contributed by atoms with Crippen molar-refractivity contribution in [3.63, 3.8) is 0 Å². The van der Waals surface area contributed by atoms with Gasteiger partial charge >= 0.3 is 0 Å². The first kappa shape index (κ1) is 14.3. The van der Waals surface area contributed by atoms with E-state index in [1.54, 1.807) is 0 Å². The van der Waals surface area contributed by atoms with Crippen molar-refractivity contribution in [2.75, 3.05) is 39.9 Å². The largest absolute Gasteiger partial charge is 0.375 e. The summed E-state index contributed by atoms with van der Waals surface area (Å²) in [5, 5.41) is 6.11. The second kappa shape index (κ2) is 6.86. The third kappa shape index (κ3) is 4.18. The van der Waals surface area contributed by atoms with Gasteiger partial charge in [0.15, 0.2) is 0 Å². The number of hydrogen-bond acceptors (Lipinski definition) is 4. The van der Waals surface area contributed by atoms with E-state index in [4.69, 9.17) is 4.74 Å². The van der Waals surface area contributed by atoms with Crippen LogP contribution >= 0.6 is 0 Å². The number of rotatable bonds is 5. The first-order valence-corrected chi connectivity index (χ1v) is 6.96. The molecular weight excluding hydrogens is 246 g/mol. The topological polar surface area (TPSA) is 70.7 Å². The van der Waals surface area contributed by atoms with Crippen LogP contribution in [0.3, 0.4) is 0 Å². The van der Waals surface area contributed by atoms with Crippen LogP contribution in [-0.2, 0) is 14.3 Å². The van der Waals surface area contributed by atoms with Gasteiger partial charge in [0.2, 0.25) is 11.8 Å².